The second kappa shape index (κ2) is 10.7. The molecule has 0 bridgehead atoms. The van der Waals surface area contributed by atoms with Crippen molar-refractivity contribution in [1.82, 2.24) is 19.4 Å². The quantitative estimate of drug-likeness (QED) is 0.544. The third kappa shape index (κ3) is 5.86. The van der Waals surface area contributed by atoms with Gasteiger partial charge in [-0.05, 0) is 36.6 Å². The molecule has 1 saturated heterocycles. The van der Waals surface area contributed by atoms with Crippen molar-refractivity contribution in [2.24, 2.45) is 0 Å². The first kappa shape index (κ1) is 23.1. The molecule has 1 aliphatic heterocycles. The third-order valence-corrected chi connectivity index (χ3v) is 6.26. The molecule has 1 fully saturated rings. The van der Waals surface area contributed by atoms with Crippen molar-refractivity contribution in [3.63, 3.8) is 0 Å². The molecular weight excluding hydrogens is 419 g/mol. The number of hydrogen-bond acceptors (Lipinski definition) is 4. The van der Waals surface area contributed by atoms with E-state index in [2.05, 4.69) is 35.0 Å². The summed E-state index contributed by atoms with van der Waals surface area (Å²) in [5.74, 6) is -0.145. The SMILES string of the molecule is Cc1cccc(CN2CCN(CCc3cncn3C(CCO)c3cccc(F)c3)CC2=O)c1. The molecule has 1 amide bonds. The van der Waals surface area contributed by atoms with Gasteiger partial charge in [-0.25, -0.2) is 9.37 Å². The molecule has 1 N–H and O–H groups in total. The maximum Gasteiger partial charge on any atom is 0.237 e. The van der Waals surface area contributed by atoms with Gasteiger partial charge in [0, 0.05) is 51.1 Å². The number of halogens is 1. The number of rotatable bonds is 9. The summed E-state index contributed by atoms with van der Waals surface area (Å²) in [4.78, 5) is 21.2. The van der Waals surface area contributed by atoms with Crippen LogP contribution >= 0.6 is 0 Å². The zero-order chi connectivity index (χ0) is 23.2. The fraction of sp³-hybridized carbons (Fsp3) is 0.385. The van der Waals surface area contributed by atoms with Crippen molar-refractivity contribution in [2.45, 2.75) is 32.4 Å². The Labute approximate surface area is 194 Å². The summed E-state index contributed by atoms with van der Waals surface area (Å²) in [6, 6.07) is 14.6. The highest BCUT2D eigenvalue weighted by Crippen LogP contribution is 2.24. The Kier molecular flexibility index (Phi) is 7.52. The van der Waals surface area contributed by atoms with Crippen LogP contribution in [-0.2, 0) is 17.8 Å². The number of piperazine rings is 1. The minimum atomic E-state index is -0.292. The van der Waals surface area contributed by atoms with Crippen LogP contribution in [0.4, 0.5) is 4.39 Å². The minimum Gasteiger partial charge on any atom is -0.396 e. The summed E-state index contributed by atoms with van der Waals surface area (Å²) in [7, 11) is 0. The van der Waals surface area contributed by atoms with E-state index in [-0.39, 0.29) is 24.4 Å². The van der Waals surface area contributed by atoms with Crippen molar-refractivity contribution in [3.05, 3.63) is 89.3 Å². The van der Waals surface area contributed by atoms with E-state index in [1.165, 1.54) is 17.7 Å². The molecule has 0 spiro atoms. The normalized spacial score (nSPS) is 15.7. The van der Waals surface area contributed by atoms with Gasteiger partial charge in [-0.2, -0.15) is 0 Å². The van der Waals surface area contributed by atoms with E-state index in [1.807, 2.05) is 27.8 Å². The van der Waals surface area contributed by atoms with Gasteiger partial charge in [0.2, 0.25) is 5.91 Å². The number of aromatic nitrogens is 2. The molecule has 0 aliphatic carbocycles. The van der Waals surface area contributed by atoms with E-state index in [0.29, 0.717) is 26.1 Å². The topological polar surface area (TPSA) is 61.6 Å². The van der Waals surface area contributed by atoms with Gasteiger partial charge in [0.05, 0.1) is 18.9 Å². The smallest absolute Gasteiger partial charge is 0.237 e. The molecule has 1 atom stereocenters. The largest absolute Gasteiger partial charge is 0.396 e. The number of amides is 1. The van der Waals surface area contributed by atoms with Crippen LogP contribution in [0.1, 0.15) is 34.8 Å². The molecule has 2 aromatic carbocycles. The predicted molar refractivity (Wildman–Crippen MR) is 125 cm³/mol. The number of imidazole rings is 1. The molecule has 1 aromatic heterocycles. The van der Waals surface area contributed by atoms with Gasteiger partial charge in [-0.15, -0.1) is 0 Å². The second-order valence-corrected chi connectivity index (χ2v) is 8.71. The van der Waals surface area contributed by atoms with Gasteiger partial charge in [0.15, 0.2) is 0 Å². The van der Waals surface area contributed by atoms with Crippen molar-refractivity contribution in [3.8, 4) is 0 Å². The number of nitrogens with zero attached hydrogens (tertiary/aromatic N) is 4. The Bertz CT molecular complexity index is 1080. The van der Waals surface area contributed by atoms with Gasteiger partial charge in [0.25, 0.3) is 0 Å². The molecule has 3 aromatic rings. The van der Waals surface area contributed by atoms with E-state index in [4.69, 9.17) is 0 Å². The maximum absolute atomic E-state index is 13.8. The summed E-state index contributed by atoms with van der Waals surface area (Å²) < 4.78 is 15.8. The van der Waals surface area contributed by atoms with Crippen molar-refractivity contribution in [2.75, 3.05) is 32.8 Å². The van der Waals surface area contributed by atoms with Crippen LogP contribution in [0.25, 0.3) is 0 Å². The van der Waals surface area contributed by atoms with E-state index >= 15 is 0 Å². The van der Waals surface area contributed by atoms with Crippen LogP contribution in [0.3, 0.4) is 0 Å². The van der Waals surface area contributed by atoms with Gasteiger partial charge >= 0.3 is 0 Å². The van der Waals surface area contributed by atoms with Gasteiger partial charge in [-0.1, -0.05) is 42.0 Å². The summed E-state index contributed by atoms with van der Waals surface area (Å²) in [6.45, 7) is 5.40. The number of aryl methyl sites for hydroxylation is 1. The zero-order valence-electron chi connectivity index (χ0n) is 19.0. The number of carbonyl (C=O) groups excluding carboxylic acids is 1. The first-order valence-corrected chi connectivity index (χ1v) is 11.5. The molecule has 1 unspecified atom stereocenters. The monoisotopic (exact) mass is 450 g/mol. The standard InChI is InChI=1S/C26H31FN4O2/c1-20-4-2-5-21(14-20)17-30-12-11-29(18-26(30)33)10-8-24-16-28-19-31(24)25(9-13-32)22-6-3-7-23(27)15-22/h2-7,14-16,19,25,32H,8-13,17-18H2,1H3. The van der Waals surface area contributed by atoms with Gasteiger partial charge < -0.3 is 14.6 Å². The highest BCUT2D eigenvalue weighted by Gasteiger charge is 2.24. The van der Waals surface area contributed by atoms with Crippen LogP contribution in [0.15, 0.2) is 61.1 Å². The van der Waals surface area contributed by atoms with Gasteiger partial charge in [0.1, 0.15) is 5.82 Å². The van der Waals surface area contributed by atoms with Crippen molar-refractivity contribution >= 4 is 5.91 Å². The fourth-order valence-electron chi connectivity index (χ4n) is 4.53. The Hall–Kier alpha value is -3.03. The summed E-state index contributed by atoms with van der Waals surface area (Å²) in [5, 5.41) is 9.59. The number of hydrogen-bond donors (Lipinski definition) is 1. The first-order chi connectivity index (χ1) is 16.0. The lowest BCUT2D eigenvalue weighted by Crippen LogP contribution is -2.50. The highest BCUT2D eigenvalue weighted by molar-refractivity contribution is 5.79. The molecule has 7 heteroatoms. The van der Waals surface area contributed by atoms with Crippen LogP contribution in [0.5, 0.6) is 0 Å². The second-order valence-electron chi connectivity index (χ2n) is 8.71. The maximum atomic E-state index is 13.8. The third-order valence-electron chi connectivity index (χ3n) is 6.26. The van der Waals surface area contributed by atoms with Crippen molar-refractivity contribution in [1.29, 1.82) is 0 Å². The van der Waals surface area contributed by atoms with E-state index in [1.54, 1.807) is 12.4 Å². The molecular formula is C26H31FN4O2. The van der Waals surface area contributed by atoms with E-state index in [9.17, 15) is 14.3 Å². The predicted octanol–water partition coefficient (Wildman–Crippen LogP) is 3.19. The average Bonchev–Trinajstić information content (AvgIpc) is 3.26. The molecule has 174 valence electrons. The lowest BCUT2D eigenvalue weighted by atomic mass is 10.0. The molecule has 0 radical (unpaired) electrons. The highest BCUT2D eigenvalue weighted by atomic mass is 19.1. The van der Waals surface area contributed by atoms with E-state index < -0.39 is 0 Å². The molecule has 1 aliphatic rings. The summed E-state index contributed by atoms with van der Waals surface area (Å²) >= 11 is 0. The van der Waals surface area contributed by atoms with Crippen LogP contribution in [0, 0.1) is 12.7 Å². The number of benzene rings is 2. The Morgan fingerprint density at radius 2 is 2.00 bits per heavy atom. The minimum absolute atomic E-state index is 0.00377. The molecule has 2 heterocycles. The Morgan fingerprint density at radius 3 is 2.76 bits per heavy atom. The summed E-state index contributed by atoms with van der Waals surface area (Å²) in [6.07, 6.45) is 4.76. The zero-order valence-corrected chi connectivity index (χ0v) is 19.0. The fourth-order valence-corrected chi connectivity index (χ4v) is 4.53. The number of aliphatic hydroxyl groups is 1. The van der Waals surface area contributed by atoms with Crippen LogP contribution < -0.4 is 0 Å². The Balaban J connectivity index is 1.37. The average molecular weight is 451 g/mol. The van der Waals surface area contributed by atoms with Crippen LogP contribution in [-0.4, -0.2) is 63.2 Å². The first-order valence-electron chi connectivity index (χ1n) is 11.5. The van der Waals surface area contributed by atoms with Crippen molar-refractivity contribution < 1.29 is 14.3 Å². The molecule has 33 heavy (non-hydrogen) atoms. The molecule has 0 saturated carbocycles. The number of aliphatic hydroxyl groups excluding tert-OH is 1. The van der Waals surface area contributed by atoms with Gasteiger partial charge in [-0.3, -0.25) is 9.69 Å². The molecule has 6 nitrogen and oxygen atoms in total. The van der Waals surface area contributed by atoms with E-state index in [0.717, 1.165) is 36.3 Å². The lowest BCUT2D eigenvalue weighted by molar-refractivity contribution is -0.136. The lowest BCUT2D eigenvalue weighted by Gasteiger charge is -2.34. The Morgan fingerprint density at radius 1 is 1.15 bits per heavy atom. The van der Waals surface area contributed by atoms with Crippen LogP contribution in [0.2, 0.25) is 0 Å². The number of carbonyl (C=O) groups is 1. The molecule has 4 rings (SSSR count). The summed E-state index contributed by atoms with van der Waals surface area (Å²) in [5.41, 5.74) is 4.18.